The van der Waals surface area contributed by atoms with Crippen LogP contribution in [0.5, 0.6) is 0 Å². The van der Waals surface area contributed by atoms with E-state index in [4.69, 9.17) is 11.6 Å². The third-order valence-corrected chi connectivity index (χ3v) is 5.96. The van der Waals surface area contributed by atoms with Gasteiger partial charge in [-0.05, 0) is 24.6 Å². The lowest BCUT2D eigenvalue weighted by atomic mass is 10.1. The lowest BCUT2D eigenvalue weighted by Crippen LogP contribution is -2.53. The third kappa shape index (κ3) is 4.12. The summed E-state index contributed by atoms with van der Waals surface area (Å²) < 4.78 is 38.5. The van der Waals surface area contributed by atoms with Crippen LogP contribution in [0.3, 0.4) is 0 Å². The summed E-state index contributed by atoms with van der Waals surface area (Å²) in [5.41, 5.74) is 0.545. The summed E-state index contributed by atoms with van der Waals surface area (Å²) in [5.74, 6) is -0.206. The monoisotopic (exact) mass is 452 g/mol. The number of aryl methyl sites for hydroxylation is 1. The van der Waals surface area contributed by atoms with Crippen molar-refractivity contribution in [1.29, 1.82) is 0 Å². The normalized spacial score (nSPS) is 20.6. The first kappa shape index (κ1) is 21.6. The summed E-state index contributed by atoms with van der Waals surface area (Å²) in [6, 6.07) is 7.56. The highest BCUT2D eigenvalue weighted by atomic mass is 35.5. The second kappa shape index (κ2) is 8.12. The molecule has 0 unspecified atom stereocenters. The average molecular weight is 453 g/mol. The van der Waals surface area contributed by atoms with Gasteiger partial charge in [-0.3, -0.25) is 14.5 Å². The summed E-state index contributed by atoms with van der Waals surface area (Å²) >= 11 is 6.05. The van der Waals surface area contributed by atoms with Crippen molar-refractivity contribution in [1.82, 2.24) is 9.88 Å². The van der Waals surface area contributed by atoms with Crippen LogP contribution >= 0.6 is 11.6 Å². The summed E-state index contributed by atoms with van der Waals surface area (Å²) in [6.07, 6.45) is -3.63. The number of alkyl halides is 3. The van der Waals surface area contributed by atoms with Crippen LogP contribution in [-0.4, -0.2) is 53.9 Å². The third-order valence-electron chi connectivity index (χ3n) is 5.68. The van der Waals surface area contributed by atoms with Gasteiger partial charge in [-0.1, -0.05) is 29.8 Å². The number of carbonyl (C=O) groups excluding carboxylic acids is 2. The fourth-order valence-electron chi connectivity index (χ4n) is 4.03. The van der Waals surface area contributed by atoms with Gasteiger partial charge in [0.15, 0.2) is 0 Å². The molecule has 0 radical (unpaired) electrons. The molecular formula is C21H20ClF3N4O2. The van der Waals surface area contributed by atoms with Crippen molar-refractivity contribution in [2.75, 3.05) is 36.0 Å². The van der Waals surface area contributed by atoms with Crippen LogP contribution in [0.25, 0.3) is 0 Å². The first-order chi connectivity index (χ1) is 14.7. The zero-order chi connectivity index (χ0) is 22.3. The number of para-hydroxylation sites is 1. The number of carbonyl (C=O) groups is 2. The predicted octanol–water partition coefficient (Wildman–Crippen LogP) is 3.52. The smallest absolute Gasteiger partial charge is 0.353 e. The average Bonchev–Trinajstić information content (AvgIpc) is 3.02. The molecule has 1 aromatic heterocycles. The van der Waals surface area contributed by atoms with Crippen molar-refractivity contribution < 1.29 is 22.8 Å². The van der Waals surface area contributed by atoms with Crippen molar-refractivity contribution in [3.8, 4) is 0 Å². The molecule has 0 saturated carbocycles. The van der Waals surface area contributed by atoms with Crippen LogP contribution in [-0.2, 0) is 15.8 Å². The molecule has 4 rings (SSSR count). The maximum Gasteiger partial charge on any atom is 0.417 e. The van der Waals surface area contributed by atoms with Gasteiger partial charge in [0.25, 0.3) is 5.91 Å². The van der Waals surface area contributed by atoms with E-state index in [9.17, 15) is 22.8 Å². The number of hydrogen-bond acceptors (Lipinski definition) is 5. The van der Waals surface area contributed by atoms with E-state index in [0.29, 0.717) is 31.9 Å². The quantitative estimate of drug-likeness (QED) is 0.667. The number of piperazine rings is 1. The molecule has 0 bridgehead atoms. The molecule has 2 aliphatic rings. The molecule has 10 heteroatoms. The summed E-state index contributed by atoms with van der Waals surface area (Å²) in [5, 5.41) is -0.0684. The number of rotatable bonds is 3. The lowest BCUT2D eigenvalue weighted by Gasteiger charge is -2.37. The summed E-state index contributed by atoms with van der Waals surface area (Å²) in [4.78, 5) is 34.5. The Morgan fingerprint density at radius 3 is 2.39 bits per heavy atom. The van der Waals surface area contributed by atoms with E-state index in [1.807, 2.05) is 24.0 Å². The van der Waals surface area contributed by atoms with E-state index in [1.165, 1.54) is 4.90 Å². The number of pyridine rings is 1. The lowest BCUT2D eigenvalue weighted by molar-refractivity contribution is -0.137. The molecule has 2 aliphatic heterocycles. The molecule has 2 saturated heterocycles. The Morgan fingerprint density at radius 1 is 1.10 bits per heavy atom. The standard InChI is InChI=1S/C21H20ClF3N4O2/c1-13-4-2-3-5-16(13)29-18(30)11-17(20(29)31)27-6-8-28(9-7-27)19-15(22)10-14(12-26-19)21(23,24)25/h2-5,10,12,17H,6-9,11H2,1H3/t17-/m1/s1. The SMILES string of the molecule is Cc1ccccc1N1C(=O)C[C@@H](N2CCN(c3ncc(C(F)(F)F)cc3Cl)CC2)C1=O. The van der Waals surface area contributed by atoms with E-state index < -0.39 is 17.8 Å². The molecule has 1 aromatic carbocycles. The van der Waals surface area contributed by atoms with Crippen molar-refractivity contribution in [3.05, 3.63) is 52.7 Å². The molecular weight excluding hydrogens is 433 g/mol. The van der Waals surface area contributed by atoms with Crippen molar-refractivity contribution in [2.24, 2.45) is 0 Å². The van der Waals surface area contributed by atoms with Crippen LogP contribution in [0.15, 0.2) is 36.5 Å². The van der Waals surface area contributed by atoms with E-state index in [1.54, 1.807) is 17.0 Å². The second-order valence-corrected chi connectivity index (χ2v) is 8.03. The molecule has 164 valence electrons. The molecule has 2 amide bonds. The van der Waals surface area contributed by atoms with Gasteiger partial charge in [0.1, 0.15) is 5.82 Å². The maximum atomic E-state index is 13.0. The van der Waals surface area contributed by atoms with Gasteiger partial charge in [0.05, 0.1) is 28.7 Å². The largest absolute Gasteiger partial charge is 0.417 e. The van der Waals surface area contributed by atoms with Crippen LogP contribution in [0.1, 0.15) is 17.5 Å². The van der Waals surface area contributed by atoms with Gasteiger partial charge >= 0.3 is 6.18 Å². The number of hydrogen-bond donors (Lipinski definition) is 0. The number of halogens is 4. The van der Waals surface area contributed by atoms with Gasteiger partial charge in [-0.15, -0.1) is 0 Å². The van der Waals surface area contributed by atoms with Crippen LogP contribution in [0.4, 0.5) is 24.7 Å². The highest BCUT2D eigenvalue weighted by Gasteiger charge is 2.44. The van der Waals surface area contributed by atoms with Gasteiger partial charge in [-0.2, -0.15) is 13.2 Å². The highest BCUT2D eigenvalue weighted by Crippen LogP contribution is 2.34. The van der Waals surface area contributed by atoms with Gasteiger partial charge in [-0.25, -0.2) is 9.88 Å². The zero-order valence-corrected chi connectivity index (χ0v) is 17.5. The van der Waals surface area contributed by atoms with Crippen molar-refractivity contribution in [3.63, 3.8) is 0 Å². The molecule has 2 aromatic rings. The predicted molar refractivity (Wildman–Crippen MR) is 110 cm³/mol. The van der Waals surface area contributed by atoms with E-state index in [-0.39, 0.29) is 29.1 Å². The number of anilines is 2. The Morgan fingerprint density at radius 2 is 1.77 bits per heavy atom. The minimum atomic E-state index is -4.51. The Hall–Kier alpha value is -2.65. The topological polar surface area (TPSA) is 56.8 Å². The fourth-order valence-corrected chi connectivity index (χ4v) is 4.32. The number of nitrogens with zero attached hydrogens (tertiary/aromatic N) is 4. The molecule has 3 heterocycles. The maximum absolute atomic E-state index is 13.0. The van der Waals surface area contributed by atoms with Crippen molar-refractivity contribution >= 4 is 34.9 Å². The minimum Gasteiger partial charge on any atom is -0.353 e. The van der Waals surface area contributed by atoms with Crippen LogP contribution < -0.4 is 9.80 Å². The first-order valence-electron chi connectivity index (χ1n) is 9.81. The van der Waals surface area contributed by atoms with Gasteiger partial charge < -0.3 is 4.90 Å². The Balaban J connectivity index is 1.44. The van der Waals surface area contributed by atoms with Gasteiger partial charge in [0, 0.05) is 32.4 Å². The molecule has 1 atom stereocenters. The number of benzene rings is 1. The van der Waals surface area contributed by atoms with Gasteiger partial charge in [0.2, 0.25) is 5.91 Å². The highest BCUT2D eigenvalue weighted by molar-refractivity contribution is 6.33. The summed E-state index contributed by atoms with van der Waals surface area (Å²) in [6.45, 7) is 3.64. The first-order valence-corrected chi connectivity index (χ1v) is 10.2. The van der Waals surface area contributed by atoms with E-state index >= 15 is 0 Å². The second-order valence-electron chi connectivity index (χ2n) is 7.62. The molecule has 31 heavy (non-hydrogen) atoms. The molecule has 0 N–H and O–H groups in total. The number of imide groups is 1. The summed E-state index contributed by atoms with van der Waals surface area (Å²) in [7, 11) is 0. The van der Waals surface area contributed by atoms with Crippen LogP contribution in [0.2, 0.25) is 5.02 Å². The van der Waals surface area contributed by atoms with Crippen LogP contribution in [0, 0.1) is 6.92 Å². The molecule has 2 fully saturated rings. The number of aromatic nitrogens is 1. The van der Waals surface area contributed by atoms with E-state index in [2.05, 4.69) is 4.98 Å². The Bertz CT molecular complexity index is 1020. The van der Waals surface area contributed by atoms with Crippen molar-refractivity contribution in [2.45, 2.75) is 25.6 Å². The molecule has 0 aliphatic carbocycles. The van der Waals surface area contributed by atoms with E-state index in [0.717, 1.165) is 17.8 Å². The number of amides is 2. The Kier molecular flexibility index (Phi) is 5.65. The fraction of sp³-hybridized carbons (Fsp3) is 0.381. The Labute approximate surface area is 182 Å². The minimum absolute atomic E-state index is 0.0684. The molecule has 6 nitrogen and oxygen atoms in total. The molecule has 0 spiro atoms. The zero-order valence-electron chi connectivity index (χ0n) is 16.7.